The average molecular weight is 282 g/mol. The van der Waals surface area contributed by atoms with Crippen LogP contribution in [0.1, 0.15) is 5.56 Å². The molecule has 86 valence electrons. The molecule has 1 aromatic heterocycles. The molecule has 0 aliphatic carbocycles. The number of hydrogen-bond donors (Lipinski definition) is 0. The molecule has 0 bridgehead atoms. The molecule has 4 heteroatoms. The van der Waals surface area contributed by atoms with Gasteiger partial charge in [-0.1, -0.05) is 53.2 Å². The number of rotatable bonds is 3. The van der Waals surface area contributed by atoms with E-state index in [2.05, 4.69) is 4.98 Å². The lowest BCUT2D eigenvalue weighted by Gasteiger charge is -1.99. The summed E-state index contributed by atoms with van der Waals surface area (Å²) in [4.78, 5) is 4.95. The number of hydrogen-bond acceptors (Lipinski definition) is 2. The van der Waals surface area contributed by atoms with Gasteiger partial charge >= 0.3 is 0 Å². The Hall–Kier alpha value is -0.960. The van der Waals surface area contributed by atoms with Crippen molar-refractivity contribution in [3.8, 4) is 0 Å². The molecule has 0 spiro atoms. The summed E-state index contributed by atoms with van der Waals surface area (Å²) >= 11 is 13.6. The Kier molecular flexibility index (Phi) is 4.49. The molecular weight excluding hydrogens is 273 g/mol. The van der Waals surface area contributed by atoms with Crippen LogP contribution in [0, 0.1) is 0 Å². The minimum absolute atomic E-state index is 0.703. The van der Waals surface area contributed by atoms with Crippen molar-refractivity contribution in [1.82, 2.24) is 4.98 Å². The van der Waals surface area contributed by atoms with Gasteiger partial charge in [0, 0.05) is 22.3 Å². The quantitative estimate of drug-likeness (QED) is 0.722. The van der Waals surface area contributed by atoms with Crippen molar-refractivity contribution in [3.63, 3.8) is 0 Å². The van der Waals surface area contributed by atoms with Crippen LogP contribution in [0.5, 0.6) is 0 Å². The molecule has 0 N–H and O–H groups in total. The van der Waals surface area contributed by atoms with Crippen LogP contribution in [0.4, 0.5) is 0 Å². The first-order valence-electron chi connectivity index (χ1n) is 4.94. The maximum Gasteiger partial charge on any atom is 0.0576 e. The van der Waals surface area contributed by atoms with Crippen LogP contribution in [0.3, 0.4) is 0 Å². The third kappa shape index (κ3) is 3.50. The zero-order valence-electron chi connectivity index (χ0n) is 8.81. The molecule has 0 saturated heterocycles. The average Bonchev–Trinajstić information content (AvgIpc) is 2.34. The molecule has 17 heavy (non-hydrogen) atoms. The minimum Gasteiger partial charge on any atom is -0.263 e. The summed E-state index contributed by atoms with van der Waals surface area (Å²) in [5.41, 5.74) is 0.988. The number of pyridine rings is 1. The van der Waals surface area contributed by atoms with E-state index >= 15 is 0 Å². The van der Waals surface area contributed by atoms with E-state index in [1.165, 1.54) is 11.8 Å². The first kappa shape index (κ1) is 12.5. The van der Waals surface area contributed by atoms with Crippen LogP contribution in [-0.4, -0.2) is 4.98 Å². The first-order valence-corrected chi connectivity index (χ1v) is 6.58. The summed E-state index contributed by atoms with van der Waals surface area (Å²) in [6.45, 7) is 0. The standard InChI is InChI=1S/C13H9Cl2NS/c14-11-4-2-1-3-10(11)6-8-17-13-9-16-7-5-12(13)15/h1-9H/b8-6+. The van der Waals surface area contributed by atoms with E-state index in [0.717, 1.165) is 15.5 Å². The van der Waals surface area contributed by atoms with Gasteiger partial charge in [-0.3, -0.25) is 4.98 Å². The molecule has 0 aliphatic heterocycles. The van der Waals surface area contributed by atoms with Gasteiger partial charge in [0.2, 0.25) is 0 Å². The van der Waals surface area contributed by atoms with Gasteiger partial charge in [0.15, 0.2) is 0 Å². The fourth-order valence-corrected chi connectivity index (χ4v) is 2.34. The lowest BCUT2D eigenvalue weighted by Crippen LogP contribution is -1.75. The Bertz CT molecular complexity index is 540. The maximum atomic E-state index is 6.04. The van der Waals surface area contributed by atoms with Crippen molar-refractivity contribution in [3.05, 3.63) is 63.7 Å². The highest BCUT2D eigenvalue weighted by Crippen LogP contribution is 2.27. The van der Waals surface area contributed by atoms with Crippen molar-refractivity contribution in [2.75, 3.05) is 0 Å². The largest absolute Gasteiger partial charge is 0.263 e. The first-order chi connectivity index (χ1) is 8.27. The van der Waals surface area contributed by atoms with Crippen LogP contribution < -0.4 is 0 Å². The zero-order valence-corrected chi connectivity index (χ0v) is 11.1. The van der Waals surface area contributed by atoms with Gasteiger partial charge in [-0.05, 0) is 29.2 Å². The van der Waals surface area contributed by atoms with Crippen LogP contribution in [-0.2, 0) is 0 Å². The summed E-state index contributed by atoms with van der Waals surface area (Å²) in [6.07, 6.45) is 5.37. The highest BCUT2D eigenvalue weighted by Gasteiger charge is 1.98. The van der Waals surface area contributed by atoms with Crippen LogP contribution in [0.2, 0.25) is 10.0 Å². The van der Waals surface area contributed by atoms with Crippen molar-refractivity contribution in [2.24, 2.45) is 0 Å². The normalized spacial score (nSPS) is 10.9. The maximum absolute atomic E-state index is 6.04. The number of benzene rings is 1. The van der Waals surface area contributed by atoms with Gasteiger partial charge in [0.05, 0.1) is 5.02 Å². The Morgan fingerprint density at radius 1 is 1.06 bits per heavy atom. The second kappa shape index (κ2) is 6.10. The lowest BCUT2D eigenvalue weighted by atomic mass is 10.2. The second-order valence-electron chi connectivity index (χ2n) is 3.25. The van der Waals surface area contributed by atoms with Crippen molar-refractivity contribution < 1.29 is 0 Å². The molecule has 1 aromatic carbocycles. The van der Waals surface area contributed by atoms with Gasteiger partial charge in [-0.15, -0.1) is 0 Å². The van der Waals surface area contributed by atoms with E-state index in [9.17, 15) is 0 Å². The Balaban J connectivity index is 2.09. The molecule has 1 nitrogen and oxygen atoms in total. The Morgan fingerprint density at radius 3 is 2.65 bits per heavy atom. The molecule has 0 aliphatic rings. The van der Waals surface area contributed by atoms with Crippen LogP contribution in [0.25, 0.3) is 6.08 Å². The van der Waals surface area contributed by atoms with E-state index in [0.29, 0.717) is 5.02 Å². The van der Waals surface area contributed by atoms with Crippen LogP contribution >= 0.6 is 35.0 Å². The predicted octanol–water partition coefficient (Wildman–Crippen LogP) is 5.15. The Morgan fingerprint density at radius 2 is 1.88 bits per heavy atom. The Labute approximate surface area is 114 Å². The smallest absolute Gasteiger partial charge is 0.0576 e. The van der Waals surface area contributed by atoms with Gasteiger partial charge in [-0.2, -0.15) is 0 Å². The number of thioether (sulfide) groups is 1. The highest BCUT2D eigenvalue weighted by atomic mass is 35.5. The van der Waals surface area contributed by atoms with Gasteiger partial charge < -0.3 is 0 Å². The van der Waals surface area contributed by atoms with Crippen LogP contribution in [0.15, 0.2) is 53.0 Å². The molecule has 0 radical (unpaired) electrons. The summed E-state index contributed by atoms with van der Waals surface area (Å²) < 4.78 is 0. The number of nitrogens with zero attached hydrogens (tertiary/aromatic N) is 1. The third-order valence-electron chi connectivity index (χ3n) is 2.08. The SMILES string of the molecule is Clc1ccccc1/C=C/Sc1cnccc1Cl. The molecular formula is C13H9Cl2NS. The molecule has 0 atom stereocenters. The van der Waals surface area contributed by atoms with Gasteiger partial charge in [-0.25, -0.2) is 0 Å². The third-order valence-corrected chi connectivity index (χ3v) is 3.72. The molecule has 0 amide bonds. The van der Waals surface area contributed by atoms with E-state index in [1.807, 2.05) is 35.7 Å². The molecule has 0 saturated carbocycles. The van der Waals surface area contributed by atoms with E-state index in [1.54, 1.807) is 18.5 Å². The van der Waals surface area contributed by atoms with Gasteiger partial charge in [0.25, 0.3) is 0 Å². The van der Waals surface area contributed by atoms with Crippen molar-refractivity contribution in [1.29, 1.82) is 0 Å². The van der Waals surface area contributed by atoms with E-state index in [4.69, 9.17) is 23.2 Å². The monoisotopic (exact) mass is 281 g/mol. The zero-order chi connectivity index (χ0) is 12.1. The molecule has 1 heterocycles. The lowest BCUT2D eigenvalue weighted by molar-refractivity contribution is 1.24. The topological polar surface area (TPSA) is 12.9 Å². The summed E-state index contributed by atoms with van der Waals surface area (Å²) in [7, 11) is 0. The molecule has 2 rings (SSSR count). The second-order valence-corrected chi connectivity index (χ2v) is 5.01. The van der Waals surface area contributed by atoms with E-state index < -0.39 is 0 Å². The van der Waals surface area contributed by atoms with Crippen molar-refractivity contribution >= 4 is 41.0 Å². The summed E-state index contributed by atoms with van der Waals surface area (Å²) in [5.74, 6) is 0. The highest BCUT2D eigenvalue weighted by molar-refractivity contribution is 8.02. The summed E-state index contributed by atoms with van der Waals surface area (Å²) in [5, 5.41) is 3.39. The number of halogens is 2. The fraction of sp³-hybridized carbons (Fsp3) is 0. The molecule has 0 unspecified atom stereocenters. The molecule has 0 fully saturated rings. The number of aromatic nitrogens is 1. The summed E-state index contributed by atoms with van der Waals surface area (Å²) in [6, 6.07) is 9.46. The molecule has 2 aromatic rings. The van der Waals surface area contributed by atoms with Crippen molar-refractivity contribution in [2.45, 2.75) is 4.90 Å². The predicted molar refractivity (Wildman–Crippen MR) is 75.6 cm³/mol. The fourth-order valence-electron chi connectivity index (χ4n) is 1.24. The van der Waals surface area contributed by atoms with E-state index in [-0.39, 0.29) is 0 Å². The van der Waals surface area contributed by atoms with Gasteiger partial charge in [0.1, 0.15) is 0 Å². The minimum atomic E-state index is 0.703.